The summed E-state index contributed by atoms with van der Waals surface area (Å²) in [4.78, 5) is 16.5. The minimum atomic E-state index is -3.58. The smallest absolute Gasteiger partial charge is 0.261 e. The summed E-state index contributed by atoms with van der Waals surface area (Å²) < 4.78 is 27.9. The molecule has 0 atom stereocenters. The van der Waals surface area contributed by atoms with Crippen LogP contribution in [0.15, 0.2) is 11.2 Å². The van der Waals surface area contributed by atoms with Gasteiger partial charge in [0.25, 0.3) is 10.0 Å². The highest BCUT2D eigenvalue weighted by molar-refractivity contribution is 7.89. The number of hydrogen-bond acceptors (Lipinski definition) is 6. The molecule has 2 saturated heterocycles. The number of rotatable bonds is 4. The summed E-state index contributed by atoms with van der Waals surface area (Å²) in [5.74, 6) is 0.161. The molecular formula is C15H26N6O3S. The van der Waals surface area contributed by atoms with Crippen molar-refractivity contribution in [3.05, 3.63) is 6.20 Å². The number of hydrogen-bond donors (Lipinski definition) is 0. The second-order valence-corrected chi connectivity index (χ2v) is 8.56. The van der Waals surface area contributed by atoms with Gasteiger partial charge in [-0.1, -0.05) is 18.1 Å². The maximum Gasteiger partial charge on any atom is 0.261 e. The first kappa shape index (κ1) is 18.3. The summed E-state index contributed by atoms with van der Waals surface area (Å²) in [6.07, 6.45) is 5.82. The van der Waals surface area contributed by atoms with Gasteiger partial charge in [0.05, 0.1) is 12.7 Å². The van der Waals surface area contributed by atoms with E-state index in [1.807, 2.05) is 9.80 Å². The Bertz CT molecular complexity index is 688. The molecule has 2 fully saturated rings. The molecule has 10 heteroatoms. The van der Waals surface area contributed by atoms with Crippen LogP contribution in [0.2, 0.25) is 0 Å². The topological polar surface area (TPSA) is 91.6 Å². The van der Waals surface area contributed by atoms with Crippen molar-refractivity contribution in [1.29, 1.82) is 0 Å². The molecule has 3 heterocycles. The van der Waals surface area contributed by atoms with Gasteiger partial charge < -0.3 is 4.90 Å². The molecule has 140 valence electrons. The third-order valence-corrected chi connectivity index (χ3v) is 6.87. The van der Waals surface area contributed by atoms with Gasteiger partial charge in [0.2, 0.25) is 5.91 Å². The number of aryl methyl sites for hydroxylation is 1. The number of nitrogens with zero attached hydrogens (tertiary/aromatic N) is 6. The summed E-state index contributed by atoms with van der Waals surface area (Å²) in [5, 5.41) is 7.43. The average Bonchev–Trinajstić information content (AvgIpc) is 2.86. The van der Waals surface area contributed by atoms with Gasteiger partial charge in [-0.2, -0.15) is 4.31 Å². The fraction of sp³-hybridized carbons (Fsp3) is 0.800. The summed E-state index contributed by atoms with van der Waals surface area (Å²) in [6.45, 7) is 3.94. The van der Waals surface area contributed by atoms with Crippen molar-refractivity contribution in [3.63, 3.8) is 0 Å². The van der Waals surface area contributed by atoms with Crippen LogP contribution in [0, 0.1) is 0 Å². The number of amides is 1. The monoisotopic (exact) mass is 370 g/mol. The van der Waals surface area contributed by atoms with E-state index in [9.17, 15) is 13.2 Å². The molecule has 0 spiro atoms. The molecule has 1 aromatic rings. The molecule has 2 aliphatic rings. The summed E-state index contributed by atoms with van der Waals surface area (Å²) in [6, 6.07) is 0. The first-order valence-corrected chi connectivity index (χ1v) is 10.3. The third-order valence-electron chi connectivity index (χ3n) is 4.93. The van der Waals surface area contributed by atoms with Gasteiger partial charge >= 0.3 is 0 Å². The van der Waals surface area contributed by atoms with Gasteiger partial charge in [-0.15, -0.1) is 5.10 Å². The summed E-state index contributed by atoms with van der Waals surface area (Å²) >= 11 is 0. The molecule has 0 aromatic carbocycles. The second kappa shape index (κ2) is 7.79. The van der Waals surface area contributed by atoms with Crippen LogP contribution in [-0.4, -0.2) is 89.2 Å². The zero-order chi connectivity index (χ0) is 17.9. The van der Waals surface area contributed by atoms with Gasteiger partial charge in [-0.3, -0.25) is 9.69 Å². The van der Waals surface area contributed by atoms with Crippen LogP contribution in [0.25, 0.3) is 0 Å². The zero-order valence-corrected chi connectivity index (χ0v) is 15.5. The van der Waals surface area contributed by atoms with Crippen molar-refractivity contribution in [2.45, 2.75) is 30.7 Å². The quantitative estimate of drug-likeness (QED) is 0.711. The van der Waals surface area contributed by atoms with E-state index < -0.39 is 10.0 Å². The van der Waals surface area contributed by atoms with Crippen molar-refractivity contribution >= 4 is 15.9 Å². The van der Waals surface area contributed by atoms with Crippen molar-refractivity contribution in [2.24, 2.45) is 7.05 Å². The zero-order valence-electron chi connectivity index (χ0n) is 14.7. The maximum atomic E-state index is 12.6. The largest absolute Gasteiger partial charge is 0.342 e. The minimum absolute atomic E-state index is 0.0987. The van der Waals surface area contributed by atoms with Gasteiger partial charge in [-0.25, -0.2) is 13.1 Å². The molecular weight excluding hydrogens is 344 g/mol. The van der Waals surface area contributed by atoms with E-state index in [1.54, 1.807) is 7.05 Å². The molecule has 0 aliphatic carbocycles. The van der Waals surface area contributed by atoms with Crippen LogP contribution >= 0.6 is 0 Å². The molecule has 9 nitrogen and oxygen atoms in total. The highest BCUT2D eigenvalue weighted by atomic mass is 32.2. The highest BCUT2D eigenvalue weighted by Gasteiger charge is 2.31. The summed E-state index contributed by atoms with van der Waals surface area (Å²) in [7, 11) is -2.01. The Morgan fingerprint density at radius 3 is 2.24 bits per heavy atom. The molecule has 0 N–H and O–H groups in total. The number of piperazine rings is 1. The first-order chi connectivity index (χ1) is 12.0. The number of aromatic nitrogens is 3. The summed E-state index contributed by atoms with van der Waals surface area (Å²) in [5.41, 5.74) is 0. The predicted octanol–water partition coefficient (Wildman–Crippen LogP) is -0.476. The Morgan fingerprint density at radius 2 is 1.68 bits per heavy atom. The Kier molecular flexibility index (Phi) is 5.70. The first-order valence-electron chi connectivity index (χ1n) is 8.83. The van der Waals surface area contributed by atoms with E-state index in [-0.39, 0.29) is 10.9 Å². The number of sulfonamides is 1. The van der Waals surface area contributed by atoms with E-state index in [0.29, 0.717) is 32.7 Å². The number of carbonyl (C=O) groups is 1. The molecule has 1 amide bonds. The normalized spacial score (nSPS) is 21.2. The molecule has 0 bridgehead atoms. The predicted molar refractivity (Wildman–Crippen MR) is 91.2 cm³/mol. The SMILES string of the molecule is Cn1nncc1S(=O)(=O)N1CCN(CC(=O)N2CCCCCC2)CC1. The van der Waals surface area contributed by atoms with Crippen molar-refractivity contribution in [1.82, 2.24) is 29.1 Å². The van der Waals surface area contributed by atoms with Gasteiger partial charge in [-0.05, 0) is 12.8 Å². The minimum Gasteiger partial charge on any atom is -0.342 e. The Labute approximate surface area is 148 Å². The number of likely N-dealkylation sites (tertiary alicyclic amines) is 1. The Morgan fingerprint density at radius 1 is 1.04 bits per heavy atom. The maximum absolute atomic E-state index is 12.6. The van der Waals surface area contributed by atoms with E-state index in [1.165, 1.54) is 28.0 Å². The molecule has 25 heavy (non-hydrogen) atoms. The van der Waals surface area contributed by atoms with E-state index in [0.717, 1.165) is 25.9 Å². The van der Waals surface area contributed by atoms with Crippen LogP contribution in [0.1, 0.15) is 25.7 Å². The molecule has 1 aromatic heterocycles. The molecule has 2 aliphatic heterocycles. The molecule has 0 unspecified atom stereocenters. The fourth-order valence-electron chi connectivity index (χ4n) is 3.39. The van der Waals surface area contributed by atoms with Crippen LogP contribution in [0.5, 0.6) is 0 Å². The highest BCUT2D eigenvalue weighted by Crippen LogP contribution is 2.16. The molecule has 0 radical (unpaired) electrons. The molecule has 3 rings (SSSR count). The lowest BCUT2D eigenvalue weighted by molar-refractivity contribution is -0.132. The lowest BCUT2D eigenvalue weighted by Crippen LogP contribution is -2.51. The van der Waals surface area contributed by atoms with Crippen LogP contribution in [0.4, 0.5) is 0 Å². The van der Waals surface area contributed by atoms with Crippen molar-refractivity contribution in [2.75, 3.05) is 45.8 Å². The van der Waals surface area contributed by atoms with Crippen molar-refractivity contribution in [3.8, 4) is 0 Å². The molecule has 0 saturated carbocycles. The second-order valence-electron chi connectivity index (χ2n) is 6.67. The van der Waals surface area contributed by atoms with Gasteiger partial charge in [0, 0.05) is 46.3 Å². The van der Waals surface area contributed by atoms with Crippen LogP contribution in [-0.2, 0) is 21.9 Å². The van der Waals surface area contributed by atoms with Gasteiger partial charge in [0.1, 0.15) is 0 Å². The van der Waals surface area contributed by atoms with E-state index >= 15 is 0 Å². The van der Waals surface area contributed by atoms with E-state index in [4.69, 9.17) is 0 Å². The Hall–Kier alpha value is -1.52. The fourth-order valence-corrected chi connectivity index (χ4v) is 4.84. The van der Waals surface area contributed by atoms with Crippen molar-refractivity contribution < 1.29 is 13.2 Å². The third kappa shape index (κ3) is 4.18. The number of carbonyl (C=O) groups excluding carboxylic acids is 1. The van der Waals surface area contributed by atoms with Crippen LogP contribution in [0.3, 0.4) is 0 Å². The average molecular weight is 370 g/mol. The van der Waals surface area contributed by atoms with E-state index in [2.05, 4.69) is 10.3 Å². The lowest BCUT2D eigenvalue weighted by atomic mass is 10.2. The lowest BCUT2D eigenvalue weighted by Gasteiger charge is -2.34. The standard InChI is InChI=1S/C15H26N6O3S/c1-18-15(12-16-17-18)25(23,24)21-10-8-19(9-11-21)13-14(22)20-6-4-2-3-5-7-20/h12H,2-11,13H2,1H3. The Balaban J connectivity index is 1.53. The van der Waals surface area contributed by atoms with Gasteiger partial charge in [0.15, 0.2) is 5.03 Å². The van der Waals surface area contributed by atoms with Crippen LogP contribution < -0.4 is 0 Å².